The smallest absolute Gasteiger partial charge is 0.281 e. The second-order valence-electron chi connectivity index (χ2n) is 5.38. The van der Waals surface area contributed by atoms with Crippen LogP contribution in [0.3, 0.4) is 0 Å². The third-order valence-electron chi connectivity index (χ3n) is 3.56. The molecule has 3 rings (SSSR count). The van der Waals surface area contributed by atoms with Gasteiger partial charge in [0.1, 0.15) is 16.1 Å². The van der Waals surface area contributed by atoms with E-state index in [0.29, 0.717) is 0 Å². The highest BCUT2D eigenvalue weighted by molar-refractivity contribution is 7.92. The molecule has 1 N–H and O–H groups in total. The number of halogens is 4. The van der Waals surface area contributed by atoms with E-state index in [1.165, 1.54) is 6.07 Å². The highest BCUT2D eigenvalue weighted by Gasteiger charge is 2.51. The Morgan fingerprint density at radius 2 is 2.00 bits per heavy atom. The maximum atomic E-state index is 13.8. The normalized spacial score (nSPS) is 19.8. The molecule has 0 aliphatic heterocycles. The summed E-state index contributed by atoms with van der Waals surface area (Å²) < 4.78 is 64.7. The molecule has 1 aromatic carbocycles. The van der Waals surface area contributed by atoms with E-state index in [1.807, 2.05) is 0 Å². The van der Waals surface area contributed by atoms with Crippen molar-refractivity contribution in [2.75, 3.05) is 6.26 Å². The lowest BCUT2D eigenvalue weighted by molar-refractivity contribution is -0.0975. The van der Waals surface area contributed by atoms with Gasteiger partial charge < -0.3 is 5.11 Å². The van der Waals surface area contributed by atoms with E-state index in [9.17, 15) is 26.7 Å². The number of aliphatic hydroxyl groups is 1. The van der Waals surface area contributed by atoms with E-state index in [1.54, 1.807) is 0 Å². The van der Waals surface area contributed by atoms with Gasteiger partial charge in [0, 0.05) is 28.1 Å². The van der Waals surface area contributed by atoms with Crippen LogP contribution in [0.25, 0.3) is 10.4 Å². The monoisotopic (exact) mass is 382 g/mol. The highest BCUT2D eigenvalue weighted by atomic mass is 35.5. The van der Waals surface area contributed by atoms with E-state index in [0.717, 1.165) is 29.7 Å². The van der Waals surface area contributed by atoms with Gasteiger partial charge in [-0.2, -0.15) is 0 Å². The van der Waals surface area contributed by atoms with Crippen LogP contribution >= 0.6 is 22.9 Å². The molecule has 0 radical (unpaired) electrons. The lowest BCUT2D eigenvalue weighted by Gasteiger charge is -2.14. The molecule has 0 saturated heterocycles. The molecule has 0 fully saturated rings. The van der Waals surface area contributed by atoms with Gasteiger partial charge in [-0.1, -0.05) is 11.6 Å². The predicted octanol–water partition coefficient (Wildman–Crippen LogP) is 3.84. The molecule has 1 aliphatic rings. The summed E-state index contributed by atoms with van der Waals surface area (Å²) in [6, 6.07) is 3.51. The zero-order valence-electron chi connectivity index (χ0n) is 11.6. The highest BCUT2D eigenvalue weighted by Crippen LogP contribution is 2.53. The molecule has 3 nitrogen and oxygen atoms in total. The third-order valence-corrected chi connectivity index (χ3v) is 6.92. The van der Waals surface area contributed by atoms with Gasteiger partial charge >= 0.3 is 0 Å². The topological polar surface area (TPSA) is 54.4 Å². The van der Waals surface area contributed by atoms with Crippen LogP contribution in [0.1, 0.15) is 17.2 Å². The van der Waals surface area contributed by atoms with Gasteiger partial charge in [0.25, 0.3) is 5.92 Å². The first-order valence-corrected chi connectivity index (χ1v) is 9.47. The predicted molar refractivity (Wildman–Crippen MR) is 81.4 cm³/mol. The number of hydrogen-bond acceptors (Lipinski definition) is 4. The Hall–Kier alpha value is -1.09. The van der Waals surface area contributed by atoms with E-state index in [-0.39, 0.29) is 30.8 Å². The Kier molecular flexibility index (Phi) is 3.79. The SMILES string of the molecule is CS(=O)(=O)c1sc(-c2cc(F)cc(Cl)c2)c2c1C(O)C(F)(F)C2. The molecule has 0 saturated carbocycles. The maximum Gasteiger partial charge on any atom is 0.281 e. The molecule has 1 unspecified atom stereocenters. The second kappa shape index (κ2) is 5.20. The molecule has 0 spiro atoms. The zero-order chi connectivity index (χ0) is 17.2. The summed E-state index contributed by atoms with van der Waals surface area (Å²) >= 11 is 6.52. The molecule has 124 valence electrons. The standard InChI is InChI=1S/C14H10ClF3O3S2/c1-23(20,21)13-10-9(5-14(17,18)12(10)19)11(22-13)6-2-7(15)4-8(16)3-6/h2-4,12,19H,5H2,1H3. The fourth-order valence-electron chi connectivity index (χ4n) is 2.64. The van der Waals surface area contributed by atoms with Crippen molar-refractivity contribution in [3.63, 3.8) is 0 Å². The Morgan fingerprint density at radius 1 is 1.35 bits per heavy atom. The van der Waals surface area contributed by atoms with E-state index < -0.39 is 34.1 Å². The van der Waals surface area contributed by atoms with Gasteiger partial charge in [0.15, 0.2) is 9.84 Å². The van der Waals surface area contributed by atoms with Crippen molar-refractivity contribution in [3.8, 4) is 10.4 Å². The first-order chi connectivity index (χ1) is 10.5. The van der Waals surface area contributed by atoms with Crippen LogP contribution in [0.5, 0.6) is 0 Å². The Balaban J connectivity index is 2.31. The number of rotatable bonds is 2. The quantitative estimate of drug-likeness (QED) is 0.858. The summed E-state index contributed by atoms with van der Waals surface area (Å²) in [5.41, 5.74) is -0.0662. The molecule has 23 heavy (non-hydrogen) atoms. The fourth-order valence-corrected chi connectivity index (χ4v) is 5.43. The summed E-state index contributed by atoms with van der Waals surface area (Å²) in [7, 11) is -3.82. The third kappa shape index (κ3) is 2.77. The van der Waals surface area contributed by atoms with Gasteiger partial charge in [0.2, 0.25) is 0 Å². The largest absolute Gasteiger partial charge is 0.382 e. The number of thiophene rings is 1. The van der Waals surface area contributed by atoms with Crippen LogP contribution < -0.4 is 0 Å². The first-order valence-electron chi connectivity index (χ1n) is 6.38. The average molecular weight is 383 g/mol. The van der Waals surface area contributed by atoms with Crippen molar-refractivity contribution in [1.29, 1.82) is 0 Å². The second-order valence-corrected chi connectivity index (χ2v) is 9.05. The number of sulfone groups is 1. The molecule has 9 heteroatoms. The summed E-state index contributed by atoms with van der Waals surface area (Å²) in [6.45, 7) is 0. The number of benzene rings is 1. The van der Waals surface area contributed by atoms with Crippen molar-refractivity contribution in [2.45, 2.75) is 22.7 Å². The van der Waals surface area contributed by atoms with Crippen LogP contribution in [0, 0.1) is 5.82 Å². The van der Waals surface area contributed by atoms with Crippen molar-refractivity contribution in [3.05, 3.63) is 40.2 Å². The van der Waals surface area contributed by atoms with Crippen LogP contribution in [0.15, 0.2) is 22.4 Å². The van der Waals surface area contributed by atoms with Crippen LogP contribution in [0.4, 0.5) is 13.2 Å². The number of fused-ring (bicyclic) bond motifs is 1. The molecule has 1 aromatic heterocycles. The van der Waals surface area contributed by atoms with Crippen LogP contribution in [-0.2, 0) is 16.3 Å². The number of hydrogen-bond donors (Lipinski definition) is 1. The van der Waals surface area contributed by atoms with Gasteiger partial charge in [-0.3, -0.25) is 0 Å². The molecule has 2 aromatic rings. The minimum Gasteiger partial charge on any atom is -0.382 e. The van der Waals surface area contributed by atoms with E-state index >= 15 is 0 Å². The van der Waals surface area contributed by atoms with Crippen LogP contribution in [0.2, 0.25) is 5.02 Å². The Labute approximate surface area is 139 Å². The summed E-state index contributed by atoms with van der Waals surface area (Å²) in [6.07, 6.45) is -2.12. The lowest BCUT2D eigenvalue weighted by Crippen LogP contribution is -2.22. The van der Waals surface area contributed by atoms with Crippen molar-refractivity contribution in [1.82, 2.24) is 0 Å². The van der Waals surface area contributed by atoms with Crippen molar-refractivity contribution < 1.29 is 26.7 Å². The van der Waals surface area contributed by atoms with E-state index in [4.69, 9.17) is 11.6 Å². The minimum atomic E-state index is -3.82. The van der Waals surface area contributed by atoms with Gasteiger partial charge in [-0.15, -0.1) is 11.3 Å². The first kappa shape index (κ1) is 16.8. The Morgan fingerprint density at radius 3 is 2.57 bits per heavy atom. The molecular formula is C14H10ClF3O3S2. The molecule has 1 atom stereocenters. The van der Waals surface area contributed by atoms with Crippen LogP contribution in [-0.4, -0.2) is 25.7 Å². The minimum absolute atomic E-state index is 0.0228. The molecular weight excluding hydrogens is 373 g/mol. The molecule has 1 heterocycles. The molecule has 0 bridgehead atoms. The van der Waals surface area contributed by atoms with E-state index in [2.05, 4.69) is 0 Å². The lowest BCUT2D eigenvalue weighted by atomic mass is 10.1. The number of aliphatic hydroxyl groups excluding tert-OH is 1. The molecule has 0 amide bonds. The summed E-state index contributed by atoms with van der Waals surface area (Å²) in [4.78, 5) is 0.179. The molecule has 1 aliphatic carbocycles. The van der Waals surface area contributed by atoms with Crippen molar-refractivity contribution >= 4 is 32.8 Å². The summed E-state index contributed by atoms with van der Waals surface area (Å²) in [5.74, 6) is -4.13. The summed E-state index contributed by atoms with van der Waals surface area (Å²) in [5, 5.41) is 9.88. The Bertz CT molecular complexity index is 886. The zero-order valence-corrected chi connectivity index (χ0v) is 14.0. The van der Waals surface area contributed by atoms with Gasteiger partial charge in [-0.25, -0.2) is 21.6 Å². The van der Waals surface area contributed by atoms with Gasteiger partial charge in [0.05, 0.1) is 0 Å². The van der Waals surface area contributed by atoms with Gasteiger partial charge in [-0.05, 0) is 29.3 Å². The van der Waals surface area contributed by atoms with Crippen molar-refractivity contribution in [2.24, 2.45) is 0 Å². The maximum absolute atomic E-state index is 13.8. The average Bonchev–Trinajstić information content (AvgIpc) is 2.84. The number of alkyl halides is 2. The fraction of sp³-hybridized carbons (Fsp3) is 0.286.